The standard InChI is InChI=1S/C51H31N3O2/c1-2-11-33(12-3-1)44-31-45(54-51(53-44)37-14-10-13-36(29-37)43-17-8-9-28-52-43)34-22-20-32(21-23-34)38-26-27-39(50-49(38)42-16-5-7-19-47(42)56-50)35-24-25-41-40-15-4-6-18-46(40)55-48(41)30-35/h1-31H. The third-order valence-corrected chi connectivity index (χ3v) is 10.6. The van der Waals surface area contributed by atoms with E-state index in [1.807, 2.05) is 79.0 Å². The van der Waals surface area contributed by atoms with Gasteiger partial charge in [-0.1, -0.05) is 127 Å². The maximum Gasteiger partial charge on any atom is 0.160 e. The molecular formula is C51H31N3O2. The van der Waals surface area contributed by atoms with Crippen LogP contribution in [0.25, 0.3) is 111 Å². The van der Waals surface area contributed by atoms with Gasteiger partial charge in [0.2, 0.25) is 0 Å². The zero-order valence-corrected chi connectivity index (χ0v) is 30.1. The van der Waals surface area contributed by atoms with Crippen molar-refractivity contribution in [1.29, 1.82) is 0 Å². The van der Waals surface area contributed by atoms with Crippen molar-refractivity contribution >= 4 is 43.9 Å². The van der Waals surface area contributed by atoms with Crippen LogP contribution in [0.1, 0.15) is 0 Å². The molecule has 0 aliphatic rings. The van der Waals surface area contributed by atoms with Crippen molar-refractivity contribution in [2.75, 3.05) is 0 Å². The Morgan fingerprint density at radius 3 is 1.77 bits per heavy atom. The predicted molar refractivity (Wildman–Crippen MR) is 227 cm³/mol. The van der Waals surface area contributed by atoms with Gasteiger partial charge in [0.05, 0.1) is 17.1 Å². The van der Waals surface area contributed by atoms with Gasteiger partial charge in [0, 0.05) is 55.6 Å². The summed E-state index contributed by atoms with van der Waals surface area (Å²) in [6, 6.07) is 62.5. The molecule has 11 aromatic rings. The number of para-hydroxylation sites is 2. The Morgan fingerprint density at radius 1 is 0.339 bits per heavy atom. The van der Waals surface area contributed by atoms with Gasteiger partial charge >= 0.3 is 0 Å². The first-order valence-corrected chi connectivity index (χ1v) is 18.7. The fourth-order valence-electron chi connectivity index (χ4n) is 7.84. The molecule has 262 valence electrons. The second-order valence-electron chi connectivity index (χ2n) is 14.0. The SMILES string of the molecule is c1ccc(-c2cc(-c3ccc(-c4ccc(-c5ccc6c(c5)oc5ccccc56)c5oc6ccccc6c45)cc3)nc(-c3cccc(-c4ccccn4)c3)n2)cc1. The molecule has 5 nitrogen and oxygen atoms in total. The minimum Gasteiger partial charge on any atom is -0.456 e. The summed E-state index contributed by atoms with van der Waals surface area (Å²) < 4.78 is 12.9. The Hall–Kier alpha value is -7.63. The minimum atomic E-state index is 0.659. The Bertz CT molecular complexity index is 3240. The van der Waals surface area contributed by atoms with E-state index in [0.717, 1.165) is 105 Å². The molecule has 0 aliphatic heterocycles. The number of pyridine rings is 1. The van der Waals surface area contributed by atoms with E-state index in [1.165, 1.54) is 0 Å². The molecule has 7 aromatic carbocycles. The zero-order valence-electron chi connectivity index (χ0n) is 30.1. The van der Waals surface area contributed by atoms with Crippen LogP contribution in [-0.2, 0) is 0 Å². The highest BCUT2D eigenvalue weighted by atomic mass is 16.3. The van der Waals surface area contributed by atoms with E-state index < -0.39 is 0 Å². The van der Waals surface area contributed by atoms with E-state index in [1.54, 1.807) is 0 Å². The molecule has 0 aliphatic carbocycles. The number of nitrogens with zero attached hydrogens (tertiary/aromatic N) is 3. The van der Waals surface area contributed by atoms with Crippen LogP contribution in [0.15, 0.2) is 197 Å². The van der Waals surface area contributed by atoms with Gasteiger partial charge in [-0.3, -0.25) is 4.98 Å². The minimum absolute atomic E-state index is 0.659. The van der Waals surface area contributed by atoms with Crippen molar-refractivity contribution in [1.82, 2.24) is 15.0 Å². The van der Waals surface area contributed by atoms with E-state index >= 15 is 0 Å². The molecule has 4 heterocycles. The summed E-state index contributed by atoms with van der Waals surface area (Å²) in [4.78, 5) is 14.8. The summed E-state index contributed by atoms with van der Waals surface area (Å²) in [5.41, 5.74) is 14.3. The Morgan fingerprint density at radius 2 is 0.964 bits per heavy atom. The number of hydrogen-bond donors (Lipinski definition) is 0. The average Bonchev–Trinajstić information content (AvgIpc) is 3.85. The largest absolute Gasteiger partial charge is 0.456 e. The molecule has 0 unspecified atom stereocenters. The van der Waals surface area contributed by atoms with Gasteiger partial charge in [0.1, 0.15) is 22.3 Å². The number of furan rings is 2. The van der Waals surface area contributed by atoms with Crippen molar-refractivity contribution in [3.63, 3.8) is 0 Å². The third kappa shape index (κ3) is 5.45. The molecule has 0 N–H and O–H groups in total. The van der Waals surface area contributed by atoms with E-state index in [2.05, 4.69) is 114 Å². The lowest BCUT2D eigenvalue weighted by molar-refractivity contribution is 0.668. The van der Waals surface area contributed by atoms with Crippen molar-refractivity contribution < 1.29 is 8.83 Å². The number of fused-ring (bicyclic) bond motifs is 6. The summed E-state index contributed by atoms with van der Waals surface area (Å²) in [6.45, 7) is 0. The van der Waals surface area contributed by atoms with Gasteiger partial charge in [-0.15, -0.1) is 0 Å². The molecule has 0 bridgehead atoms. The second kappa shape index (κ2) is 13.0. The van der Waals surface area contributed by atoms with Crippen LogP contribution in [-0.4, -0.2) is 15.0 Å². The van der Waals surface area contributed by atoms with Crippen LogP contribution < -0.4 is 0 Å². The van der Waals surface area contributed by atoms with Crippen LogP contribution in [0.3, 0.4) is 0 Å². The lowest BCUT2D eigenvalue weighted by atomic mass is 9.93. The molecule has 0 amide bonds. The van der Waals surface area contributed by atoms with Gasteiger partial charge in [0.15, 0.2) is 5.82 Å². The quantitative estimate of drug-likeness (QED) is 0.171. The second-order valence-corrected chi connectivity index (χ2v) is 14.0. The number of aromatic nitrogens is 3. The van der Waals surface area contributed by atoms with Gasteiger partial charge < -0.3 is 8.83 Å². The average molecular weight is 718 g/mol. The summed E-state index contributed by atoms with van der Waals surface area (Å²) in [5.74, 6) is 0.659. The smallest absolute Gasteiger partial charge is 0.160 e. The number of rotatable bonds is 6. The first-order chi connectivity index (χ1) is 27.7. The monoisotopic (exact) mass is 717 g/mol. The molecular weight excluding hydrogens is 687 g/mol. The molecule has 0 spiro atoms. The Kier molecular flexibility index (Phi) is 7.42. The summed E-state index contributed by atoms with van der Waals surface area (Å²) in [6.07, 6.45) is 1.81. The summed E-state index contributed by atoms with van der Waals surface area (Å²) >= 11 is 0. The third-order valence-electron chi connectivity index (χ3n) is 10.6. The van der Waals surface area contributed by atoms with Crippen molar-refractivity contribution in [3.05, 3.63) is 188 Å². The number of benzene rings is 7. The van der Waals surface area contributed by atoms with Crippen LogP contribution in [0.2, 0.25) is 0 Å². The molecule has 0 saturated heterocycles. The highest BCUT2D eigenvalue weighted by molar-refractivity contribution is 6.17. The van der Waals surface area contributed by atoms with E-state index in [9.17, 15) is 0 Å². The molecule has 0 atom stereocenters. The molecule has 0 radical (unpaired) electrons. The van der Waals surface area contributed by atoms with E-state index in [-0.39, 0.29) is 0 Å². The molecule has 56 heavy (non-hydrogen) atoms. The predicted octanol–water partition coefficient (Wildman–Crippen LogP) is 13.7. The van der Waals surface area contributed by atoms with Crippen LogP contribution in [0.4, 0.5) is 0 Å². The lowest BCUT2D eigenvalue weighted by Gasteiger charge is -2.12. The summed E-state index contributed by atoms with van der Waals surface area (Å²) in [7, 11) is 0. The molecule has 0 fully saturated rings. The van der Waals surface area contributed by atoms with Crippen LogP contribution >= 0.6 is 0 Å². The number of hydrogen-bond acceptors (Lipinski definition) is 5. The maximum atomic E-state index is 6.66. The molecule has 11 rings (SSSR count). The van der Waals surface area contributed by atoms with Gasteiger partial charge in [-0.05, 0) is 71.3 Å². The van der Waals surface area contributed by atoms with Crippen molar-refractivity contribution in [2.24, 2.45) is 0 Å². The fourth-order valence-corrected chi connectivity index (χ4v) is 7.84. The van der Waals surface area contributed by atoms with Crippen LogP contribution in [0, 0.1) is 0 Å². The molecule has 4 aromatic heterocycles. The summed E-state index contributed by atoms with van der Waals surface area (Å²) in [5, 5.41) is 4.38. The molecule has 5 heteroatoms. The zero-order chi connectivity index (χ0) is 37.0. The Balaban J connectivity index is 1.02. The maximum absolute atomic E-state index is 6.66. The molecule has 0 saturated carbocycles. The topological polar surface area (TPSA) is 65.0 Å². The van der Waals surface area contributed by atoms with Gasteiger partial charge in [-0.2, -0.15) is 0 Å². The first-order valence-electron chi connectivity index (χ1n) is 18.7. The van der Waals surface area contributed by atoms with Gasteiger partial charge in [0.25, 0.3) is 0 Å². The van der Waals surface area contributed by atoms with Crippen LogP contribution in [0.5, 0.6) is 0 Å². The van der Waals surface area contributed by atoms with Crippen molar-refractivity contribution in [3.8, 4) is 67.4 Å². The van der Waals surface area contributed by atoms with E-state index in [4.69, 9.17) is 18.8 Å². The van der Waals surface area contributed by atoms with Gasteiger partial charge in [-0.25, -0.2) is 9.97 Å². The highest BCUT2D eigenvalue weighted by Crippen LogP contribution is 2.43. The normalized spacial score (nSPS) is 11.6. The Labute approximate surface area is 322 Å². The van der Waals surface area contributed by atoms with E-state index in [0.29, 0.717) is 5.82 Å². The van der Waals surface area contributed by atoms with Crippen molar-refractivity contribution in [2.45, 2.75) is 0 Å². The lowest BCUT2D eigenvalue weighted by Crippen LogP contribution is -1.96. The fraction of sp³-hybridized carbons (Fsp3) is 0. The first kappa shape index (κ1) is 31.9. The highest BCUT2D eigenvalue weighted by Gasteiger charge is 2.19.